The standard InChI is InChI=1S/C76H148O17P2/c1-7-9-11-13-15-17-35-42-48-54-60-75(80)92-71(64-86-73(78)58-52-46-40-32-16-14-12-10-8-2)66-90-94(82,83)88-62-70(77)63-89-95(84,85)91-67-72(65-87-74(79)59-53-47-41-36-30-26-23-22-25-29-34-39-45-51-57-69(5)6)93-76(81)61-55-49-43-37-31-27-21-19-18-20-24-28-33-38-44-50-56-68(3)4/h68-72,77H,7-67H2,1-6H3,(H,82,83)(H,84,85)/t70-,71+,72+/m0/s1. The third kappa shape index (κ3) is 70.3. The molecule has 0 saturated heterocycles. The van der Waals surface area contributed by atoms with Crippen LogP contribution in [0, 0.1) is 11.8 Å². The summed E-state index contributed by atoms with van der Waals surface area (Å²) in [6.45, 7) is 9.63. The molecule has 17 nitrogen and oxygen atoms in total. The van der Waals surface area contributed by atoms with Crippen molar-refractivity contribution in [2.75, 3.05) is 39.6 Å². The number of aliphatic hydroxyl groups excluding tert-OH is 1. The van der Waals surface area contributed by atoms with Gasteiger partial charge in [0.05, 0.1) is 26.4 Å². The molecule has 0 fully saturated rings. The van der Waals surface area contributed by atoms with Crippen LogP contribution in [0.2, 0.25) is 0 Å². The fourth-order valence-corrected chi connectivity index (χ4v) is 13.2. The molecule has 5 atom stereocenters. The molecule has 95 heavy (non-hydrogen) atoms. The summed E-state index contributed by atoms with van der Waals surface area (Å²) in [4.78, 5) is 72.7. The molecule has 0 saturated carbocycles. The number of rotatable bonds is 75. The van der Waals surface area contributed by atoms with Crippen LogP contribution in [-0.4, -0.2) is 96.7 Å². The maximum absolute atomic E-state index is 13.1. The van der Waals surface area contributed by atoms with Gasteiger partial charge in [-0.3, -0.25) is 37.3 Å². The zero-order valence-electron chi connectivity index (χ0n) is 62.0. The highest BCUT2D eigenvalue weighted by molar-refractivity contribution is 7.47. The lowest BCUT2D eigenvalue weighted by molar-refractivity contribution is -0.161. The number of aliphatic hydroxyl groups is 1. The van der Waals surface area contributed by atoms with Crippen LogP contribution in [0.15, 0.2) is 0 Å². The first-order valence-electron chi connectivity index (χ1n) is 39.5. The molecule has 0 aliphatic heterocycles. The van der Waals surface area contributed by atoms with Gasteiger partial charge in [-0.05, 0) is 37.5 Å². The maximum atomic E-state index is 13.1. The molecule has 0 rings (SSSR count). The van der Waals surface area contributed by atoms with Crippen LogP contribution >= 0.6 is 15.6 Å². The number of carbonyl (C=O) groups excluding carboxylic acids is 4. The number of hydrogen-bond acceptors (Lipinski definition) is 15. The van der Waals surface area contributed by atoms with Gasteiger partial charge in [0.25, 0.3) is 0 Å². The molecule has 0 aromatic rings. The molecule has 0 aromatic carbocycles. The minimum Gasteiger partial charge on any atom is -0.462 e. The van der Waals surface area contributed by atoms with Crippen LogP contribution in [0.25, 0.3) is 0 Å². The quantitative estimate of drug-likeness (QED) is 0.0222. The van der Waals surface area contributed by atoms with Crippen LogP contribution in [0.5, 0.6) is 0 Å². The van der Waals surface area contributed by atoms with Crippen molar-refractivity contribution >= 4 is 39.5 Å². The van der Waals surface area contributed by atoms with E-state index in [1.54, 1.807) is 0 Å². The van der Waals surface area contributed by atoms with E-state index < -0.39 is 97.5 Å². The van der Waals surface area contributed by atoms with Gasteiger partial charge in [0.1, 0.15) is 19.3 Å². The third-order valence-corrected chi connectivity index (χ3v) is 19.6. The van der Waals surface area contributed by atoms with E-state index in [-0.39, 0.29) is 25.7 Å². The van der Waals surface area contributed by atoms with Crippen molar-refractivity contribution in [2.24, 2.45) is 11.8 Å². The molecule has 0 amide bonds. The predicted molar refractivity (Wildman–Crippen MR) is 386 cm³/mol. The van der Waals surface area contributed by atoms with Gasteiger partial charge in [0.15, 0.2) is 12.2 Å². The summed E-state index contributed by atoms with van der Waals surface area (Å²) in [6.07, 6.45) is 55.5. The van der Waals surface area contributed by atoms with E-state index in [0.29, 0.717) is 25.7 Å². The van der Waals surface area contributed by atoms with Gasteiger partial charge in [0, 0.05) is 25.7 Å². The Morgan fingerprint density at radius 3 is 0.716 bits per heavy atom. The Labute approximate surface area is 581 Å². The molecular formula is C76H148O17P2. The van der Waals surface area contributed by atoms with E-state index >= 15 is 0 Å². The Kier molecular flexibility index (Phi) is 66.5. The van der Waals surface area contributed by atoms with Gasteiger partial charge < -0.3 is 33.8 Å². The molecule has 0 aromatic heterocycles. The Bertz CT molecular complexity index is 1840. The fourth-order valence-electron chi connectivity index (χ4n) is 11.7. The van der Waals surface area contributed by atoms with Crippen LogP contribution in [0.3, 0.4) is 0 Å². The summed E-state index contributed by atoms with van der Waals surface area (Å²) < 4.78 is 68.4. The van der Waals surface area contributed by atoms with Crippen molar-refractivity contribution in [1.82, 2.24) is 0 Å². The summed E-state index contributed by atoms with van der Waals surface area (Å²) in [5.74, 6) is -0.508. The van der Waals surface area contributed by atoms with Gasteiger partial charge in [-0.25, -0.2) is 9.13 Å². The third-order valence-electron chi connectivity index (χ3n) is 17.7. The molecule has 0 bridgehead atoms. The highest BCUT2D eigenvalue weighted by Gasteiger charge is 2.30. The lowest BCUT2D eigenvalue weighted by atomic mass is 10.0. The lowest BCUT2D eigenvalue weighted by Crippen LogP contribution is -2.30. The summed E-state index contributed by atoms with van der Waals surface area (Å²) in [5.41, 5.74) is 0. The first-order chi connectivity index (χ1) is 45.9. The number of hydrogen-bond donors (Lipinski definition) is 3. The van der Waals surface area contributed by atoms with Crippen LogP contribution < -0.4 is 0 Å². The first kappa shape index (κ1) is 93.1. The topological polar surface area (TPSA) is 237 Å². The summed E-state index contributed by atoms with van der Waals surface area (Å²) >= 11 is 0. The van der Waals surface area contributed by atoms with Crippen molar-refractivity contribution in [3.05, 3.63) is 0 Å². The molecule has 564 valence electrons. The number of ether oxygens (including phenoxy) is 4. The molecule has 0 spiro atoms. The minimum atomic E-state index is -4.96. The predicted octanol–water partition coefficient (Wildman–Crippen LogP) is 22.3. The molecule has 2 unspecified atom stereocenters. The van der Waals surface area contributed by atoms with E-state index in [2.05, 4.69) is 41.5 Å². The van der Waals surface area contributed by atoms with Crippen LogP contribution in [0.4, 0.5) is 0 Å². The van der Waals surface area contributed by atoms with Crippen LogP contribution in [-0.2, 0) is 65.4 Å². The first-order valence-corrected chi connectivity index (χ1v) is 42.5. The second kappa shape index (κ2) is 67.9. The average Bonchev–Trinajstić information content (AvgIpc) is 2.60. The Morgan fingerprint density at radius 1 is 0.284 bits per heavy atom. The molecule has 0 aliphatic rings. The largest absolute Gasteiger partial charge is 0.472 e. The highest BCUT2D eigenvalue weighted by Crippen LogP contribution is 2.45. The fraction of sp³-hybridized carbons (Fsp3) is 0.947. The van der Waals surface area contributed by atoms with Crippen molar-refractivity contribution in [3.8, 4) is 0 Å². The zero-order valence-corrected chi connectivity index (χ0v) is 63.8. The second-order valence-corrected chi connectivity index (χ2v) is 31.3. The summed E-state index contributed by atoms with van der Waals surface area (Å²) in [6, 6.07) is 0. The second-order valence-electron chi connectivity index (χ2n) is 28.3. The minimum absolute atomic E-state index is 0.107. The van der Waals surface area contributed by atoms with Crippen molar-refractivity contribution in [1.29, 1.82) is 0 Å². The van der Waals surface area contributed by atoms with Gasteiger partial charge >= 0.3 is 39.5 Å². The number of phosphoric ester groups is 2. The number of esters is 4. The highest BCUT2D eigenvalue weighted by atomic mass is 31.2. The van der Waals surface area contributed by atoms with Crippen molar-refractivity contribution < 1.29 is 80.2 Å². The van der Waals surface area contributed by atoms with E-state index in [9.17, 15) is 43.2 Å². The average molecular weight is 1400 g/mol. The number of unbranched alkanes of at least 4 members (excludes halogenated alkanes) is 45. The molecular weight excluding hydrogens is 1250 g/mol. The smallest absolute Gasteiger partial charge is 0.462 e. The van der Waals surface area contributed by atoms with E-state index in [4.69, 9.17) is 37.0 Å². The lowest BCUT2D eigenvalue weighted by Gasteiger charge is -2.21. The Balaban J connectivity index is 5.20. The SMILES string of the molecule is CCCCCCCCCCCCC(=O)O[C@H](COC(=O)CCCCCCCCCCC)COP(=O)(O)OC[C@H](O)COP(=O)(O)OC[C@@H](COC(=O)CCCCCCCCCCCCCCCCC(C)C)OC(=O)CCCCCCCCCCCCCCCCCCC(C)C. The van der Waals surface area contributed by atoms with Crippen molar-refractivity contribution in [2.45, 2.75) is 413 Å². The zero-order chi connectivity index (χ0) is 70.0. The van der Waals surface area contributed by atoms with Gasteiger partial charge in [0.2, 0.25) is 0 Å². The summed E-state index contributed by atoms with van der Waals surface area (Å²) in [7, 11) is -9.91. The molecule has 3 N–H and O–H groups in total. The Hall–Kier alpha value is -1.94. The van der Waals surface area contributed by atoms with Gasteiger partial charge in [-0.1, -0.05) is 343 Å². The maximum Gasteiger partial charge on any atom is 0.472 e. The van der Waals surface area contributed by atoms with Gasteiger partial charge in [-0.15, -0.1) is 0 Å². The normalized spacial score (nSPS) is 14.0. The number of phosphoric acid groups is 2. The van der Waals surface area contributed by atoms with E-state index in [1.165, 1.54) is 212 Å². The molecule has 0 aliphatic carbocycles. The molecule has 0 radical (unpaired) electrons. The van der Waals surface area contributed by atoms with Crippen molar-refractivity contribution in [3.63, 3.8) is 0 Å². The number of carbonyl (C=O) groups is 4. The summed E-state index contributed by atoms with van der Waals surface area (Å²) in [5, 5.41) is 10.6. The molecule has 19 heteroatoms. The van der Waals surface area contributed by atoms with Gasteiger partial charge in [-0.2, -0.15) is 0 Å². The van der Waals surface area contributed by atoms with E-state index in [1.807, 2.05) is 0 Å². The van der Waals surface area contributed by atoms with E-state index in [0.717, 1.165) is 102 Å². The van der Waals surface area contributed by atoms with Crippen LogP contribution in [0.1, 0.15) is 395 Å². The Morgan fingerprint density at radius 2 is 0.484 bits per heavy atom. The molecule has 0 heterocycles. The monoisotopic (exact) mass is 1400 g/mol.